The van der Waals surface area contributed by atoms with Gasteiger partial charge in [-0.2, -0.15) is 0 Å². The first-order chi connectivity index (χ1) is 8.24. The van der Waals surface area contributed by atoms with Crippen molar-refractivity contribution in [3.63, 3.8) is 0 Å². The molecular formula is C15H30O2. The smallest absolute Gasteiger partial charge is 0.306 e. The van der Waals surface area contributed by atoms with E-state index >= 15 is 0 Å². The van der Waals surface area contributed by atoms with Crippen molar-refractivity contribution in [3.8, 4) is 0 Å². The van der Waals surface area contributed by atoms with Gasteiger partial charge < -0.3 is 4.74 Å². The Labute approximate surface area is 107 Å². The molecule has 0 aromatic carbocycles. The van der Waals surface area contributed by atoms with Crippen LogP contribution in [0.1, 0.15) is 85.0 Å². The number of unbranched alkanes of at least 4 members (excludes halogenated alkanes) is 5. The zero-order valence-corrected chi connectivity index (χ0v) is 12.0. The van der Waals surface area contributed by atoms with Gasteiger partial charge in [0.2, 0.25) is 0 Å². The van der Waals surface area contributed by atoms with Crippen LogP contribution < -0.4 is 0 Å². The predicted molar refractivity (Wildman–Crippen MR) is 73.1 cm³/mol. The second-order valence-corrected chi connectivity index (χ2v) is 4.83. The van der Waals surface area contributed by atoms with E-state index in [1.165, 1.54) is 25.7 Å². The van der Waals surface area contributed by atoms with Crippen molar-refractivity contribution in [2.45, 2.75) is 91.1 Å². The molecule has 0 fully saturated rings. The maximum Gasteiger partial charge on any atom is 0.306 e. The minimum absolute atomic E-state index is 0.000733. The largest absolute Gasteiger partial charge is 0.462 e. The summed E-state index contributed by atoms with van der Waals surface area (Å²) in [4.78, 5) is 11.6. The molecule has 0 aliphatic rings. The lowest BCUT2D eigenvalue weighted by molar-refractivity contribution is -0.149. The van der Waals surface area contributed by atoms with Crippen LogP contribution in [-0.2, 0) is 9.53 Å². The Kier molecular flexibility index (Phi) is 11.6. The Bertz CT molecular complexity index is 178. The van der Waals surface area contributed by atoms with Gasteiger partial charge in [-0.05, 0) is 25.7 Å². The molecule has 0 saturated carbocycles. The standard InChI is InChI=1S/C15H30O2/c1-4-7-9-11-12-14(6-3)17-15(16)13-10-8-5-2/h14H,4-13H2,1-3H3/t14-/m0/s1. The van der Waals surface area contributed by atoms with Crippen LogP contribution in [-0.4, -0.2) is 12.1 Å². The average molecular weight is 242 g/mol. The monoisotopic (exact) mass is 242 g/mol. The lowest BCUT2D eigenvalue weighted by Crippen LogP contribution is -2.17. The molecule has 0 bridgehead atoms. The Balaban J connectivity index is 3.60. The van der Waals surface area contributed by atoms with Gasteiger partial charge in [-0.25, -0.2) is 0 Å². The first-order valence-corrected chi connectivity index (χ1v) is 7.44. The van der Waals surface area contributed by atoms with Gasteiger partial charge in [0, 0.05) is 6.42 Å². The highest BCUT2D eigenvalue weighted by atomic mass is 16.5. The third-order valence-corrected chi connectivity index (χ3v) is 3.12. The van der Waals surface area contributed by atoms with Crippen molar-refractivity contribution in [1.29, 1.82) is 0 Å². The molecule has 0 saturated heterocycles. The molecule has 0 spiro atoms. The molecule has 0 heterocycles. The van der Waals surface area contributed by atoms with Crippen LogP contribution in [0.2, 0.25) is 0 Å². The normalized spacial score (nSPS) is 12.4. The molecular weight excluding hydrogens is 212 g/mol. The first kappa shape index (κ1) is 16.5. The lowest BCUT2D eigenvalue weighted by atomic mass is 10.1. The van der Waals surface area contributed by atoms with E-state index in [1.54, 1.807) is 0 Å². The Morgan fingerprint density at radius 3 is 2.18 bits per heavy atom. The molecule has 0 radical (unpaired) electrons. The summed E-state index contributed by atoms with van der Waals surface area (Å²) in [5, 5.41) is 0. The van der Waals surface area contributed by atoms with E-state index in [0.717, 1.165) is 32.1 Å². The summed E-state index contributed by atoms with van der Waals surface area (Å²) in [5.74, 6) is 0.000733. The minimum Gasteiger partial charge on any atom is -0.462 e. The number of ether oxygens (including phenoxy) is 1. The summed E-state index contributed by atoms with van der Waals surface area (Å²) >= 11 is 0. The van der Waals surface area contributed by atoms with Crippen molar-refractivity contribution in [1.82, 2.24) is 0 Å². The third-order valence-electron chi connectivity index (χ3n) is 3.12. The van der Waals surface area contributed by atoms with Crippen molar-refractivity contribution in [2.75, 3.05) is 0 Å². The van der Waals surface area contributed by atoms with E-state index in [-0.39, 0.29) is 12.1 Å². The molecule has 17 heavy (non-hydrogen) atoms. The maximum atomic E-state index is 11.6. The zero-order valence-electron chi connectivity index (χ0n) is 12.0. The fraction of sp³-hybridized carbons (Fsp3) is 0.933. The van der Waals surface area contributed by atoms with Gasteiger partial charge in [-0.15, -0.1) is 0 Å². The van der Waals surface area contributed by atoms with E-state index < -0.39 is 0 Å². The van der Waals surface area contributed by atoms with E-state index in [1.807, 2.05) is 0 Å². The first-order valence-electron chi connectivity index (χ1n) is 7.44. The number of esters is 1. The number of carbonyl (C=O) groups is 1. The highest BCUT2D eigenvalue weighted by Crippen LogP contribution is 2.12. The Morgan fingerprint density at radius 1 is 0.941 bits per heavy atom. The van der Waals surface area contributed by atoms with Crippen LogP contribution >= 0.6 is 0 Å². The third kappa shape index (κ3) is 10.3. The number of hydrogen-bond donors (Lipinski definition) is 0. The Morgan fingerprint density at radius 2 is 1.59 bits per heavy atom. The van der Waals surface area contributed by atoms with Crippen molar-refractivity contribution in [2.24, 2.45) is 0 Å². The van der Waals surface area contributed by atoms with Crippen LogP contribution in [0, 0.1) is 0 Å². The fourth-order valence-electron chi connectivity index (χ4n) is 1.91. The van der Waals surface area contributed by atoms with Gasteiger partial charge in [0.15, 0.2) is 0 Å². The lowest BCUT2D eigenvalue weighted by Gasteiger charge is -2.16. The van der Waals surface area contributed by atoms with Gasteiger partial charge in [0.25, 0.3) is 0 Å². The summed E-state index contributed by atoms with van der Waals surface area (Å²) in [6, 6.07) is 0. The van der Waals surface area contributed by atoms with E-state index in [9.17, 15) is 4.79 Å². The molecule has 0 N–H and O–H groups in total. The average Bonchev–Trinajstić information content (AvgIpc) is 2.33. The molecule has 0 rings (SSSR count). The van der Waals surface area contributed by atoms with Crippen LogP contribution in [0.5, 0.6) is 0 Å². The van der Waals surface area contributed by atoms with Crippen LogP contribution in [0.25, 0.3) is 0 Å². The summed E-state index contributed by atoms with van der Waals surface area (Å²) in [5.41, 5.74) is 0. The quantitative estimate of drug-likeness (QED) is 0.382. The van der Waals surface area contributed by atoms with Crippen molar-refractivity contribution >= 4 is 5.97 Å². The summed E-state index contributed by atoms with van der Waals surface area (Å²) in [6.45, 7) is 6.46. The van der Waals surface area contributed by atoms with Crippen molar-refractivity contribution in [3.05, 3.63) is 0 Å². The molecule has 0 aliphatic carbocycles. The van der Waals surface area contributed by atoms with Gasteiger partial charge in [0.1, 0.15) is 6.10 Å². The van der Waals surface area contributed by atoms with Crippen molar-refractivity contribution < 1.29 is 9.53 Å². The predicted octanol–water partition coefficient (Wildman–Crippen LogP) is 4.86. The second-order valence-electron chi connectivity index (χ2n) is 4.83. The number of rotatable bonds is 11. The highest BCUT2D eigenvalue weighted by Gasteiger charge is 2.11. The molecule has 0 unspecified atom stereocenters. The van der Waals surface area contributed by atoms with Gasteiger partial charge in [-0.1, -0.05) is 52.9 Å². The molecule has 0 aromatic rings. The van der Waals surface area contributed by atoms with Gasteiger partial charge >= 0.3 is 5.97 Å². The van der Waals surface area contributed by atoms with E-state index in [0.29, 0.717) is 6.42 Å². The van der Waals surface area contributed by atoms with Crippen LogP contribution in [0.3, 0.4) is 0 Å². The topological polar surface area (TPSA) is 26.3 Å². The molecule has 0 aromatic heterocycles. The Hall–Kier alpha value is -0.530. The zero-order chi connectivity index (χ0) is 12.9. The van der Waals surface area contributed by atoms with E-state index in [2.05, 4.69) is 20.8 Å². The van der Waals surface area contributed by atoms with Gasteiger partial charge in [0.05, 0.1) is 0 Å². The van der Waals surface area contributed by atoms with Gasteiger partial charge in [-0.3, -0.25) is 4.79 Å². The molecule has 0 aliphatic heterocycles. The fourth-order valence-corrected chi connectivity index (χ4v) is 1.91. The maximum absolute atomic E-state index is 11.6. The molecule has 2 nitrogen and oxygen atoms in total. The molecule has 0 amide bonds. The molecule has 102 valence electrons. The summed E-state index contributed by atoms with van der Waals surface area (Å²) in [6.07, 6.45) is 11.0. The highest BCUT2D eigenvalue weighted by molar-refractivity contribution is 5.69. The van der Waals surface area contributed by atoms with Crippen LogP contribution in [0.15, 0.2) is 0 Å². The second kappa shape index (κ2) is 11.9. The number of hydrogen-bond acceptors (Lipinski definition) is 2. The SMILES string of the molecule is CCCCCC[C@H](CC)OC(=O)CCCCC. The van der Waals surface area contributed by atoms with Crippen LogP contribution in [0.4, 0.5) is 0 Å². The molecule has 1 atom stereocenters. The van der Waals surface area contributed by atoms with E-state index in [4.69, 9.17) is 4.74 Å². The summed E-state index contributed by atoms with van der Waals surface area (Å²) < 4.78 is 5.49. The molecule has 2 heteroatoms. The minimum atomic E-state index is 0.000733. The number of carbonyl (C=O) groups excluding carboxylic acids is 1. The summed E-state index contributed by atoms with van der Waals surface area (Å²) in [7, 11) is 0.